The van der Waals surface area contributed by atoms with Crippen LogP contribution in [0.15, 0.2) is 29.2 Å². The molecule has 0 saturated carbocycles. The lowest BCUT2D eigenvalue weighted by Crippen LogP contribution is -2.37. The number of carbonyl (C=O) groups excluding carboxylic acids is 1. The minimum atomic E-state index is -4.20. The molecule has 0 aromatic heterocycles. The molecule has 7 heteroatoms. The van der Waals surface area contributed by atoms with Crippen LogP contribution in [0.4, 0.5) is 10.5 Å². The molecule has 1 rings (SSSR count). The average molecular weight is 258 g/mol. The zero-order valence-electron chi connectivity index (χ0n) is 9.54. The summed E-state index contributed by atoms with van der Waals surface area (Å²) in [6.45, 7) is 2.25. The van der Waals surface area contributed by atoms with E-state index in [-0.39, 0.29) is 10.9 Å². The summed E-state index contributed by atoms with van der Waals surface area (Å²) in [4.78, 5) is 12.7. The van der Waals surface area contributed by atoms with E-state index in [4.69, 9.17) is 4.55 Å². The largest absolute Gasteiger partial charge is 0.341 e. The van der Waals surface area contributed by atoms with Crippen LogP contribution >= 0.6 is 0 Å². The highest BCUT2D eigenvalue weighted by Gasteiger charge is 2.14. The van der Waals surface area contributed by atoms with Crippen molar-refractivity contribution in [2.24, 2.45) is 0 Å². The molecule has 0 fully saturated rings. The number of rotatable bonds is 3. The van der Waals surface area contributed by atoms with Gasteiger partial charge in [-0.1, -0.05) is 0 Å². The second-order valence-electron chi connectivity index (χ2n) is 3.27. The van der Waals surface area contributed by atoms with Crippen molar-refractivity contribution >= 4 is 21.8 Å². The Labute approximate surface area is 100.0 Å². The lowest BCUT2D eigenvalue weighted by Gasteiger charge is -2.20. The van der Waals surface area contributed by atoms with Crippen molar-refractivity contribution in [3.8, 4) is 0 Å². The Hall–Kier alpha value is -1.60. The van der Waals surface area contributed by atoms with E-state index in [1.54, 1.807) is 6.92 Å². The molecule has 0 aliphatic heterocycles. The zero-order chi connectivity index (χ0) is 13.1. The van der Waals surface area contributed by atoms with Crippen molar-refractivity contribution in [2.45, 2.75) is 11.8 Å². The normalized spacial score (nSPS) is 11.0. The molecular weight excluding hydrogens is 244 g/mol. The maximum Gasteiger partial charge on any atom is 0.321 e. The van der Waals surface area contributed by atoms with Gasteiger partial charge < -0.3 is 5.32 Å². The number of hydrogen-bond donors (Lipinski definition) is 2. The first-order valence-corrected chi connectivity index (χ1v) is 6.41. The van der Waals surface area contributed by atoms with E-state index >= 15 is 0 Å². The van der Waals surface area contributed by atoms with Crippen LogP contribution in [0.25, 0.3) is 0 Å². The number of nitrogens with zero attached hydrogens (tertiary/aromatic N) is 1. The Morgan fingerprint density at radius 3 is 2.24 bits per heavy atom. The van der Waals surface area contributed by atoms with Crippen molar-refractivity contribution in [1.82, 2.24) is 5.32 Å². The lowest BCUT2D eigenvalue weighted by atomic mass is 10.3. The monoisotopic (exact) mass is 258 g/mol. The first kappa shape index (κ1) is 13.5. The van der Waals surface area contributed by atoms with Gasteiger partial charge in [0.1, 0.15) is 0 Å². The van der Waals surface area contributed by atoms with Crippen molar-refractivity contribution in [1.29, 1.82) is 0 Å². The van der Waals surface area contributed by atoms with Crippen molar-refractivity contribution in [3.05, 3.63) is 24.3 Å². The molecule has 0 aliphatic carbocycles. The minimum absolute atomic E-state index is 0.200. The van der Waals surface area contributed by atoms with Crippen LogP contribution in [0.1, 0.15) is 6.92 Å². The van der Waals surface area contributed by atoms with Gasteiger partial charge in [0.2, 0.25) is 0 Å². The zero-order valence-corrected chi connectivity index (χ0v) is 10.4. The van der Waals surface area contributed by atoms with Crippen LogP contribution in [0, 0.1) is 0 Å². The van der Waals surface area contributed by atoms with Crippen molar-refractivity contribution in [2.75, 3.05) is 18.5 Å². The van der Waals surface area contributed by atoms with Crippen LogP contribution in [-0.2, 0) is 10.1 Å². The summed E-state index contributed by atoms with van der Waals surface area (Å²) in [6.07, 6.45) is 0. The number of urea groups is 1. The molecule has 0 aliphatic rings. The fraction of sp³-hybridized carbons (Fsp3) is 0.300. The van der Waals surface area contributed by atoms with Crippen LogP contribution in [0.5, 0.6) is 0 Å². The first-order valence-electron chi connectivity index (χ1n) is 4.97. The Morgan fingerprint density at radius 1 is 1.35 bits per heavy atom. The molecule has 0 unspecified atom stereocenters. The van der Waals surface area contributed by atoms with Gasteiger partial charge in [0.05, 0.1) is 4.90 Å². The molecule has 0 radical (unpaired) electrons. The molecule has 0 saturated heterocycles. The van der Waals surface area contributed by atoms with Crippen molar-refractivity contribution < 1.29 is 17.8 Å². The van der Waals surface area contributed by atoms with Gasteiger partial charge in [0.25, 0.3) is 10.1 Å². The number of nitrogens with one attached hydrogen (secondary N) is 1. The second-order valence-corrected chi connectivity index (χ2v) is 4.69. The number of amides is 2. The van der Waals surface area contributed by atoms with Crippen molar-refractivity contribution in [3.63, 3.8) is 0 Å². The molecule has 1 aromatic carbocycles. The van der Waals surface area contributed by atoms with Gasteiger partial charge in [-0.2, -0.15) is 8.42 Å². The smallest absolute Gasteiger partial charge is 0.321 e. The van der Waals surface area contributed by atoms with Gasteiger partial charge in [0.15, 0.2) is 0 Å². The standard InChI is InChI=1S/C10H14N2O4S/c1-3-12(10(13)11-2)8-4-6-9(7-5-8)17(14,15)16/h4-7H,3H2,1-2H3,(H,11,13)(H,14,15,16). The van der Waals surface area contributed by atoms with E-state index in [9.17, 15) is 13.2 Å². The molecule has 6 nitrogen and oxygen atoms in total. The number of anilines is 1. The Kier molecular flexibility index (Phi) is 4.08. The number of benzene rings is 1. The molecule has 94 valence electrons. The van der Waals surface area contributed by atoms with Crippen LogP contribution in [0.2, 0.25) is 0 Å². The van der Waals surface area contributed by atoms with Crippen LogP contribution < -0.4 is 10.2 Å². The maximum atomic E-state index is 11.5. The van der Waals surface area contributed by atoms with E-state index in [1.807, 2.05) is 0 Å². The highest BCUT2D eigenvalue weighted by molar-refractivity contribution is 7.85. The Balaban J connectivity index is 3.05. The molecule has 2 N–H and O–H groups in total. The fourth-order valence-electron chi connectivity index (χ4n) is 1.38. The van der Waals surface area contributed by atoms with Crippen LogP contribution in [0.3, 0.4) is 0 Å². The highest BCUT2D eigenvalue weighted by atomic mass is 32.2. The van der Waals surface area contributed by atoms with Crippen LogP contribution in [-0.4, -0.2) is 32.6 Å². The predicted molar refractivity (Wildman–Crippen MR) is 63.7 cm³/mol. The number of hydrogen-bond acceptors (Lipinski definition) is 3. The van der Waals surface area contributed by atoms with Gasteiger partial charge in [0, 0.05) is 19.3 Å². The molecule has 0 bridgehead atoms. The van der Waals surface area contributed by atoms with Gasteiger partial charge in [-0.3, -0.25) is 9.45 Å². The highest BCUT2D eigenvalue weighted by Crippen LogP contribution is 2.17. The number of carbonyl (C=O) groups is 1. The summed E-state index contributed by atoms with van der Waals surface area (Å²) in [6, 6.07) is 5.13. The third kappa shape index (κ3) is 3.18. The summed E-state index contributed by atoms with van der Waals surface area (Å²) < 4.78 is 30.5. The molecule has 0 spiro atoms. The van der Waals surface area contributed by atoms with E-state index < -0.39 is 10.1 Å². The maximum absolute atomic E-state index is 11.5. The summed E-state index contributed by atoms with van der Waals surface area (Å²) in [5, 5.41) is 2.48. The van der Waals surface area contributed by atoms with E-state index in [0.717, 1.165) is 0 Å². The molecule has 1 aromatic rings. The molecule has 2 amide bonds. The average Bonchev–Trinajstić information content (AvgIpc) is 2.29. The third-order valence-electron chi connectivity index (χ3n) is 2.22. The Morgan fingerprint density at radius 2 is 1.88 bits per heavy atom. The SMILES string of the molecule is CCN(C(=O)NC)c1ccc(S(=O)(=O)O)cc1. The third-order valence-corrected chi connectivity index (χ3v) is 3.09. The van der Waals surface area contributed by atoms with E-state index in [1.165, 1.54) is 36.2 Å². The lowest BCUT2D eigenvalue weighted by molar-refractivity contribution is 0.248. The van der Waals surface area contributed by atoms with Gasteiger partial charge in [-0.05, 0) is 31.2 Å². The quantitative estimate of drug-likeness (QED) is 0.795. The summed E-state index contributed by atoms with van der Waals surface area (Å²) in [5.74, 6) is 0. The summed E-state index contributed by atoms with van der Waals surface area (Å²) >= 11 is 0. The second kappa shape index (κ2) is 5.15. The van der Waals surface area contributed by atoms with Gasteiger partial charge in [-0.25, -0.2) is 4.79 Å². The predicted octanol–water partition coefficient (Wildman–Crippen LogP) is 1.10. The summed E-state index contributed by atoms with van der Waals surface area (Å²) in [7, 11) is -2.69. The van der Waals surface area contributed by atoms with E-state index in [2.05, 4.69) is 5.32 Å². The topological polar surface area (TPSA) is 86.7 Å². The fourth-order valence-corrected chi connectivity index (χ4v) is 1.86. The molecule has 17 heavy (non-hydrogen) atoms. The molecule has 0 atom stereocenters. The Bertz CT molecular complexity index is 496. The summed E-state index contributed by atoms with van der Waals surface area (Å²) in [5.41, 5.74) is 0.555. The minimum Gasteiger partial charge on any atom is -0.341 e. The van der Waals surface area contributed by atoms with Gasteiger partial charge >= 0.3 is 6.03 Å². The molecular formula is C10H14N2O4S. The van der Waals surface area contributed by atoms with Gasteiger partial charge in [-0.15, -0.1) is 0 Å². The molecule has 0 heterocycles. The van der Waals surface area contributed by atoms with E-state index in [0.29, 0.717) is 12.2 Å². The first-order chi connectivity index (χ1) is 7.90.